The van der Waals surface area contributed by atoms with Gasteiger partial charge < -0.3 is 26.7 Å². The summed E-state index contributed by atoms with van der Waals surface area (Å²) < 4.78 is 51.7. The zero-order chi connectivity index (χ0) is 24.7. The third kappa shape index (κ3) is 7.37. The smallest absolute Gasteiger partial charge is 0.458 e. The number of fused-ring (bicyclic) bond motifs is 3. The molecule has 3 saturated heterocycles. The van der Waals surface area contributed by atoms with Gasteiger partial charge in [0.1, 0.15) is 13.2 Å². The minimum absolute atomic E-state index is 0.326. The van der Waals surface area contributed by atoms with Crippen LogP contribution < -0.4 is 14.0 Å². The van der Waals surface area contributed by atoms with E-state index in [0.29, 0.717) is 25.2 Å². The van der Waals surface area contributed by atoms with Crippen molar-refractivity contribution in [2.75, 3.05) is 39.3 Å². The Morgan fingerprint density at radius 1 is 0.686 bits per heavy atom. The fourth-order valence-electron chi connectivity index (χ4n) is 4.08. The van der Waals surface area contributed by atoms with Gasteiger partial charge in [-0.3, -0.25) is 9.38 Å². The topological polar surface area (TPSA) is 60.4 Å². The summed E-state index contributed by atoms with van der Waals surface area (Å²) in [5.41, 5.74) is 2.15. The molecule has 0 unspecified atom stereocenters. The minimum atomic E-state index is -6.00. The SMILES string of the molecule is F[B-](F)(F)F.c1ccc(COc2nc(OCc3ccccc3)nc([N+]34CCN(CC3)CC4)n2)cc1. The second kappa shape index (κ2) is 11.0. The lowest BCUT2D eigenvalue weighted by molar-refractivity contribution is 0.0613. The van der Waals surface area contributed by atoms with Crippen molar-refractivity contribution in [1.29, 1.82) is 0 Å². The number of ether oxygens (including phenoxy) is 2. The molecule has 3 aromatic rings. The molecule has 0 saturated carbocycles. The van der Waals surface area contributed by atoms with Gasteiger partial charge in [0.2, 0.25) is 0 Å². The fraction of sp³-hybridized carbons (Fsp3) is 0.348. The Balaban J connectivity index is 0.000000527. The van der Waals surface area contributed by atoms with Gasteiger partial charge in [-0.15, -0.1) is 15.0 Å². The van der Waals surface area contributed by atoms with Gasteiger partial charge in [-0.25, -0.2) is 0 Å². The van der Waals surface area contributed by atoms with E-state index in [-0.39, 0.29) is 0 Å². The summed E-state index contributed by atoms with van der Waals surface area (Å²) in [4.78, 5) is 16.4. The molecule has 7 nitrogen and oxygen atoms in total. The first-order valence-corrected chi connectivity index (χ1v) is 11.3. The van der Waals surface area contributed by atoms with Crippen LogP contribution in [0, 0.1) is 0 Å². The number of benzene rings is 2. The lowest BCUT2D eigenvalue weighted by atomic mass is 10.1. The quantitative estimate of drug-likeness (QED) is 0.283. The highest BCUT2D eigenvalue weighted by Gasteiger charge is 2.43. The van der Waals surface area contributed by atoms with Gasteiger partial charge in [0.05, 0.1) is 19.6 Å². The van der Waals surface area contributed by atoms with Crippen LogP contribution in [0.2, 0.25) is 0 Å². The van der Waals surface area contributed by atoms with Gasteiger partial charge in [0, 0.05) is 19.6 Å². The number of hydrogen-bond acceptors (Lipinski definition) is 6. The number of piperazine rings is 3. The molecule has 12 heteroatoms. The van der Waals surface area contributed by atoms with E-state index in [1.54, 1.807) is 0 Å². The third-order valence-corrected chi connectivity index (χ3v) is 5.96. The standard InChI is InChI=1S/C23H26N5O2.BF4/c1-3-7-19(8-4-1)17-29-22-24-21(28-14-11-27(12-15-28)13-16-28)25-23(26-22)30-18-20-9-5-2-6-10-20;2-1(3,4)5/h1-10H,11-18H2;/q+1;-1. The van der Waals surface area contributed by atoms with E-state index < -0.39 is 7.25 Å². The van der Waals surface area contributed by atoms with Gasteiger partial charge in [-0.2, -0.15) is 0 Å². The van der Waals surface area contributed by atoms with Crippen molar-refractivity contribution >= 4 is 13.2 Å². The summed E-state index contributed by atoms with van der Waals surface area (Å²) in [6, 6.07) is 20.7. The van der Waals surface area contributed by atoms with Crippen molar-refractivity contribution in [2.24, 2.45) is 0 Å². The summed E-state index contributed by atoms with van der Waals surface area (Å²) in [7, 11) is -6.00. The predicted molar refractivity (Wildman–Crippen MR) is 124 cm³/mol. The molecule has 3 aliphatic rings. The average Bonchev–Trinajstić information content (AvgIpc) is 2.88. The highest BCUT2D eigenvalue weighted by atomic mass is 19.5. The van der Waals surface area contributed by atoms with E-state index in [4.69, 9.17) is 19.4 Å². The number of hydrogen-bond donors (Lipinski definition) is 0. The molecule has 2 bridgehead atoms. The molecule has 6 rings (SSSR count). The van der Waals surface area contributed by atoms with Crippen molar-refractivity contribution in [1.82, 2.24) is 24.3 Å². The first kappa shape index (κ1) is 24.9. The molecule has 4 heterocycles. The molecule has 0 atom stereocenters. The Morgan fingerprint density at radius 2 is 1.09 bits per heavy atom. The molecule has 35 heavy (non-hydrogen) atoms. The van der Waals surface area contributed by atoms with Gasteiger partial charge in [-0.05, 0) is 11.1 Å². The molecular formula is C23H26BF4N5O2. The van der Waals surface area contributed by atoms with E-state index in [9.17, 15) is 17.3 Å². The molecule has 0 amide bonds. The van der Waals surface area contributed by atoms with Gasteiger partial charge in [0.25, 0.3) is 0 Å². The largest absolute Gasteiger partial charge is 0.673 e. The van der Waals surface area contributed by atoms with Crippen LogP contribution in [-0.2, 0) is 13.2 Å². The van der Waals surface area contributed by atoms with Crippen LogP contribution in [0.1, 0.15) is 11.1 Å². The molecule has 2 aromatic carbocycles. The number of halogens is 4. The van der Waals surface area contributed by atoms with Crippen LogP contribution >= 0.6 is 0 Å². The van der Waals surface area contributed by atoms with E-state index in [1.165, 1.54) is 0 Å². The lowest BCUT2D eigenvalue weighted by Gasteiger charge is -2.48. The van der Waals surface area contributed by atoms with Crippen molar-refractivity contribution in [2.45, 2.75) is 13.2 Å². The summed E-state index contributed by atoms with van der Waals surface area (Å²) in [5, 5.41) is 0. The Kier molecular flexibility index (Phi) is 7.81. The number of quaternary nitrogens is 1. The number of rotatable bonds is 7. The second-order valence-corrected chi connectivity index (χ2v) is 8.40. The normalized spacial score (nSPS) is 21.1. The number of nitrogens with zero attached hydrogens (tertiary/aromatic N) is 5. The maximum atomic E-state index is 9.75. The van der Waals surface area contributed by atoms with E-state index in [1.807, 2.05) is 60.7 Å². The van der Waals surface area contributed by atoms with Crippen molar-refractivity contribution in [3.05, 3.63) is 71.8 Å². The first-order valence-electron chi connectivity index (χ1n) is 11.3. The fourth-order valence-corrected chi connectivity index (χ4v) is 4.08. The molecule has 0 radical (unpaired) electrons. The van der Waals surface area contributed by atoms with Crippen molar-refractivity contribution < 1.29 is 26.7 Å². The first-order chi connectivity index (χ1) is 16.8. The molecular weight excluding hydrogens is 465 g/mol. The molecule has 186 valence electrons. The third-order valence-electron chi connectivity index (χ3n) is 5.96. The van der Waals surface area contributed by atoms with Crippen molar-refractivity contribution in [3.63, 3.8) is 0 Å². The van der Waals surface area contributed by atoms with E-state index in [2.05, 4.69) is 9.88 Å². The Morgan fingerprint density at radius 3 is 1.49 bits per heavy atom. The number of aromatic nitrogens is 3. The molecule has 0 aliphatic carbocycles. The van der Waals surface area contributed by atoms with Gasteiger partial charge in [-0.1, -0.05) is 60.7 Å². The monoisotopic (exact) mass is 491 g/mol. The maximum absolute atomic E-state index is 9.75. The minimum Gasteiger partial charge on any atom is -0.458 e. The van der Waals surface area contributed by atoms with E-state index in [0.717, 1.165) is 60.8 Å². The molecule has 3 aliphatic heterocycles. The zero-order valence-corrected chi connectivity index (χ0v) is 19.1. The van der Waals surface area contributed by atoms with E-state index >= 15 is 0 Å². The molecule has 0 N–H and O–H groups in total. The predicted octanol–water partition coefficient (Wildman–Crippen LogP) is 3.97. The highest BCUT2D eigenvalue weighted by Crippen LogP contribution is 2.28. The van der Waals surface area contributed by atoms with Crippen LogP contribution in [0.4, 0.5) is 23.2 Å². The summed E-state index contributed by atoms with van der Waals surface area (Å²) in [5.74, 6) is 0.760. The molecule has 1 aromatic heterocycles. The molecule has 3 fully saturated rings. The zero-order valence-electron chi connectivity index (χ0n) is 19.1. The lowest BCUT2D eigenvalue weighted by Crippen LogP contribution is -2.69. The summed E-state index contributed by atoms with van der Waals surface area (Å²) in [6.07, 6.45) is 0. The highest BCUT2D eigenvalue weighted by molar-refractivity contribution is 6.50. The van der Waals surface area contributed by atoms with Crippen LogP contribution in [0.15, 0.2) is 60.7 Å². The molecule has 0 spiro atoms. The summed E-state index contributed by atoms with van der Waals surface area (Å²) in [6.45, 7) is 7.09. The van der Waals surface area contributed by atoms with Crippen LogP contribution in [0.5, 0.6) is 12.0 Å². The van der Waals surface area contributed by atoms with Gasteiger partial charge >= 0.3 is 25.2 Å². The average molecular weight is 491 g/mol. The van der Waals surface area contributed by atoms with Crippen LogP contribution in [-0.4, -0.2) is 66.4 Å². The summed E-state index contributed by atoms with van der Waals surface area (Å²) >= 11 is 0. The van der Waals surface area contributed by atoms with Gasteiger partial charge in [0.15, 0.2) is 0 Å². The van der Waals surface area contributed by atoms with Crippen LogP contribution in [0.3, 0.4) is 0 Å². The van der Waals surface area contributed by atoms with Crippen LogP contribution in [0.25, 0.3) is 0 Å². The second-order valence-electron chi connectivity index (χ2n) is 8.40. The Labute approximate surface area is 201 Å². The Bertz CT molecular complexity index is 1000. The maximum Gasteiger partial charge on any atom is 0.673 e. The Hall–Kier alpha value is -3.25. The van der Waals surface area contributed by atoms with Crippen molar-refractivity contribution in [3.8, 4) is 12.0 Å².